The van der Waals surface area contributed by atoms with Crippen LogP contribution in [-0.4, -0.2) is 50.0 Å². The third kappa shape index (κ3) is 4.67. The second kappa shape index (κ2) is 8.39. The molecule has 9 heteroatoms. The van der Waals surface area contributed by atoms with E-state index < -0.39 is 21.8 Å². The molecule has 0 bridgehead atoms. The SMILES string of the molecule is O=C1Nc2cc(C(=O)N3CCCC3)ccc2N[C@@H]1CS(=O)(=O)Cc1cccc(Br)c1. The molecule has 2 amide bonds. The van der Waals surface area contributed by atoms with Crippen molar-refractivity contribution in [2.24, 2.45) is 0 Å². The molecule has 2 aliphatic heterocycles. The molecule has 2 aromatic rings. The highest BCUT2D eigenvalue weighted by molar-refractivity contribution is 9.10. The number of carbonyl (C=O) groups is 2. The summed E-state index contributed by atoms with van der Waals surface area (Å²) in [5, 5.41) is 5.76. The van der Waals surface area contributed by atoms with E-state index in [0.717, 1.165) is 30.4 Å². The number of halogens is 1. The van der Waals surface area contributed by atoms with E-state index >= 15 is 0 Å². The van der Waals surface area contributed by atoms with Crippen molar-refractivity contribution >= 4 is 49.0 Å². The third-order valence-electron chi connectivity index (χ3n) is 5.26. The maximum Gasteiger partial charge on any atom is 0.253 e. The van der Waals surface area contributed by atoms with Gasteiger partial charge in [-0.25, -0.2) is 8.42 Å². The van der Waals surface area contributed by atoms with E-state index in [1.807, 2.05) is 6.07 Å². The molecule has 2 aromatic carbocycles. The summed E-state index contributed by atoms with van der Waals surface area (Å²) in [5.74, 6) is -0.942. The summed E-state index contributed by atoms with van der Waals surface area (Å²) in [5.41, 5.74) is 2.27. The number of carbonyl (C=O) groups excluding carboxylic acids is 2. The molecule has 1 saturated heterocycles. The van der Waals surface area contributed by atoms with Gasteiger partial charge >= 0.3 is 0 Å². The van der Waals surface area contributed by atoms with Crippen LogP contribution in [0.25, 0.3) is 0 Å². The highest BCUT2D eigenvalue weighted by Gasteiger charge is 2.31. The Kier molecular flexibility index (Phi) is 5.84. The third-order valence-corrected chi connectivity index (χ3v) is 7.37. The molecule has 2 heterocycles. The minimum atomic E-state index is -3.52. The van der Waals surface area contributed by atoms with E-state index in [4.69, 9.17) is 0 Å². The van der Waals surface area contributed by atoms with Crippen LogP contribution >= 0.6 is 15.9 Å². The first-order valence-electron chi connectivity index (χ1n) is 9.76. The van der Waals surface area contributed by atoms with Crippen LogP contribution in [0, 0.1) is 0 Å². The number of hydrogen-bond acceptors (Lipinski definition) is 5. The lowest BCUT2D eigenvalue weighted by Gasteiger charge is -2.27. The van der Waals surface area contributed by atoms with Crippen LogP contribution in [0.3, 0.4) is 0 Å². The minimum absolute atomic E-state index is 0.0525. The molecule has 2 aliphatic rings. The Balaban J connectivity index is 1.47. The maximum atomic E-state index is 12.6. The Bertz CT molecular complexity index is 1100. The summed E-state index contributed by atoms with van der Waals surface area (Å²) in [6, 6.07) is 11.3. The number of anilines is 2. The topological polar surface area (TPSA) is 95.6 Å². The average molecular weight is 492 g/mol. The zero-order valence-corrected chi connectivity index (χ0v) is 18.6. The highest BCUT2D eigenvalue weighted by atomic mass is 79.9. The monoisotopic (exact) mass is 491 g/mol. The smallest absolute Gasteiger partial charge is 0.253 e. The van der Waals surface area contributed by atoms with Crippen LogP contribution in [0.1, 0.15) is 28.8 Å². The number of nitrogens with zero attached hydrogens (tertiary/aromatic N) is 1. The quantitative estimate of drug-likeness (QED) is 0.669. The van der Waals surface area contributed by atoms with Crippen LogP contribution in [0.15, 0.2) is 46.9 Å². The minimum Gasteiger partial charge on any atom is -0.371 e. The molecule has 0 unspecified atom stereocenters. The van der Waals surface area contributed by atoms with Gasteiger partial charge in [-0.15, -0.1) is 0 Å². The van der Waals surface area contributed by atoms with E-state index in [2.05, 4.69) is 26.6 Å². The molecule has 0 aromatic heterocycles. The molecular weight excluding hydrogens is 470 g/mol. The van der Waals surface area contributed by atoms with Crippen molar-refractivity contribution < 1.29 is 18.0 Å². The van der Waals surface area contributed by atoms with Crippen LogP contribution in [-0.2, 0) is 20.4 Å². The van der Waals surface area contributed by atoms with E-state index in [0.29, 0.717) is 22.5 Å². The fourth-order valence-electron chi connectivity index (χ4n) is 3.79. The second-order valence-corrected chi connectivity index (χ2v) is 10.7. The van der Waals surface area contributed by atoms with Crippen LogP contribution in [0.4, 0.5) is 11.4 Å². The highest BCUT2D eigenvalue weighted by Crippen LogP contribution is 2.29. The molecule has 0 aliphatic carbocycles. The number of fused-ring (bicyclic) bond motifs is 1. The molecule has 0 spiro atoms. The molecule has 30 heavy (non-hydrogen) atoms. The van der Waals surface area contributed by atoms with E-state index in [9.17, 15) is 18.0 Å². The first-order chi connectivity index (χ1) is 14.3. The lowest BCUT2D eigenvalue weighted by Crippen LogP contribution is -2.43. The second-order valence-electron chi connectivity index (χ2n) is 7.63. The van der Waals surface area contributed by atoms with Gasteiger partial charge in [-0.3, -0.25) is 9.59 Å². The Morgan fingerprint density at radius 3 is 2.60 bits per heavy atom. The molecule has 0 saturated carbocycles. The number of sulfone groups is 1. The molecule has 4 rings (SSSR count). The largest absolute Gasteiger partial charge is 0.371 e. The van der Waals surface area contributed by atoms with Gasteiger partial charge in [-0.1, -0.05) is 28.1 Å². The Hall–Kier alpha value is -2.39. The van der Waals surface area contributed by atoms with Gasteiger partial charge in [0.1, 0.15) is 6.04 Å². The van der Waals surface area contributed by atoms with E-state index in [-0.39, 0.29) is 17.4 Å². The van der Waals surface area contributed by atoms with Gasteiger partial charge in [0.15, 0.2) is 9.84 Å². The molecule has 2 N–H and O–H groups in total. The van der Waals surface area contributed by atoms with Crippen molar-refractivity contribution in [3.8, 4) is 0 Å². The number of likely N-dealkylation sites (tertiary alicyclic amines) is 1. The first kappa shape index (κ1) is 20.9. The van der Waals surface area contributed by atoms with Crippen LogP contribution < -0.4 is 10.6 Å². The first-order valence-corrected chi connectivity index (χ1v) is 12.4. The molecular formula is C21H22BrN3O4S. The summed E-state index contributed by atoms with van der Waals surface area (Å²) >= 11 is 3.33. The maximum absolute atomic E-state index is 12.6. The summed E-state index contributed by atoms with van der Waals surface area (Å²) in [6.45, 7) is 1.50. The van der Waals surface area contributed by atoms with Crippen molar-refractivity contribution in [3.63, 3.8) is 0 Å². The number of rotatable bonds is 5. The van der Waals surface area contributed by atoms with Crippen LogP contribution in [0.2, 0.25) is 0 Å². The molecule has 1 atom stereocenters. The van der Waals surface area contributed by atoms with Crippen LogP contribution in [0.5, 0.6) is 0 Å². The fourth-order valence-corrected chi connectivity index (χ4v) is 5.79. The van der Waals surface area contributed by atoms with Crippen molar-refractivity contribution in [2.45, 2.75) is 24.6 Å². The summed E-state index contributed by atoms with van der Waals surface area (Å²) in [7, 11) is -3.52. The molecule has 1 fully saturated rings. The lowest BCUT2D eigenvalue weighted by atomic mass is 10.1. The summed E-state index contributed by atoms with van der Waals surface area (Å²) in [4.78, 5) is 26.9. The normalized spacial score (nSPS) is 18.5. The Morgan fingerprint density at radius 1 is 1.10 bits per heavy atom. The van der Waals surface area contributed by atoms with E-state index in [1.54, 1.807) is 41.3 Å². The number of nitrogens with one attached hydrogen (secondary N) is 2. The van der Waals surface area contributed by atoms with Gasteiger partial charge in [0.05, 0.1) is 22.9 Å². The van der Waals surface area contributed by atoms with Gasteiger partial charge in [-0.05, 0) is 48.7 Å². The molecule has 7 nitrogen and oxygen atoms in total. The zero-order valence-electron chi connectivity index (χ0n) is 16.2. The number of amides is 2. The summed E-state index contributed by atoms with van der Waals surface area (Å²) < 4.78 is 26.1. The lowest BCUT2D eigenvalue weighted by molar-refractivity contribution is -0.116. The Labute approximate surface area is 183 Å². The van der Waals surface area contributed by atoms with Crippen molar-refractivity contribution in [2.75, 3.05) is 29.5 Å². The zero-order chi connectivity index (χ0) is 21.3. The standard InChI is InChI=1S/C21H22BrN3O4S/c22-16-5-3-4-14(10-16)12-30(28,29)13-19-20(26)24-18-11-15(6-7-17(18)23-19)21(27)25-8-1-2-9-25/h3-7,10-11,19,23H,1-2,8-9,12-13H2,(H,24,26)/t19-/m1/s1. The van der Waals surface area contributed by atoms with Gasteiger partial charge in [0, 0.05) is 23.1 Å². The number of benzene rings is 2. The summed E-state index contributed by atoms with van der Waals surface area (Å²) in [6.07, 6.45) is 2.01. The predicted molar refractivity (Wildman–Crippen MR) is 119 cm³/mol. The van der Waals surface area contributed by atoms with Gasteiger partial charge < -0.3 is 15.5 Å². The predicted octanol–water partition coefficient (Wildman–Crippen LogP) is 3.03. The Morgan fingerprint density at radius 2 is 1.87 bits per heavy atom. The molecule has 158 valence electrons. The van der Waals surface area contributed by atoms with E-state index in [1.165, 1.54) is 0 Å². The van der Waals surface area contributed by atoms with Crippen molar-refractivity contribution in [1.82, 2.24) is 4.90 Å². The fraction of sp³-hybridized carbons (Fsp3) is 0.333. The van der Waals surface area contributed by atoms with Gasteiger partial charge in [-0.2, -0.15) is 0 Å². The van der Waals surface area contributed by atoms with Gasteiger partial charge in [0.2, 0.25) is 5.91 Å². The molecule has 0 radical (unpaired) electrons. The van der Waals surface area contributed by atoms with Crippen molar-refractivity contribution in [1.29, 1.82) is 0 Å². The van der Waals surface area contributed by atoms with Gasteiger partial charge in [0.25, 0.3) is 5.91 Å². The number of hydrogen-bond donors (Lipinski definition) is 2. The average Bonchev–Trinajstić information content (AvgIpc) is 3.22. The van der Waals surface area contributed by atoms with Crippen molar-refractivity contribution in [3.05, 3.63) is 58.1 Å².